The lowest BCUT2D eigenvalue weighted by Crippen LogP contribution is -2.13. The van der Waals surface area contributed by atoms with Gasteiger partial charge in [0.2, 0.25) is 11.8 Å². The number of ether oxygens (including phenoxy) is 1. The van der Waals surface area contributed by atoms with Crippen molar-refractivity contribution in [3.8, 4) is 11.6 Å². The van der Waals surface area contributed by atoms with E-state index in [2.05, 4.69) is 20.4 Å². The van der Waals surface area contributed by atoms with E-state index in [4.69, 9.17) is 4.74 Å². The van der Waals surface area contributed by atoms with Crippen molar-refractivity contribution in [1.29, 1.82) is 0 Å². The smallest absolute Gasteiger partial charge is 0.237 e. The van der Waals surface area contributed by atoms with Gasteiger partial charge in [-0.2, -0.15) is 0 Å². The number of nitrogens with zero attached hydrogens (tertiary/aromatic N) is 3. The summed E-state index contributed by atoms with van der Waals surface area (Å²) in [6.07, 6.45) is 5.48. The van der Waals surface area contributed by atoms with E-state index in [0.29, 0.717) is 17.3 Å². The summed E-state index contributed by atoms with van der Waals surface area (Å²) in [5, 5.41) is 8.24. The number of amides is 1. The van der Waals surface area contributed by atoms with Gasteiger partial charge >= 0.3 is 0 Å². The zero-order chi connectivity index (χ0) is 16.8. The maximum absolute atomic E-state index is 11.9. The Morgan fingerprint density at radius 2 is 2.16 bits per heavy atom. The Labute approximate surface area is 142 Å². The molecular weight excluding hydrogens is 318 g/mol. The number of aromatic nitrogens is 4. The molecule has 5 rings (SSSR count). The van der Waals surface area contributed by atoms with E-state index in [1.165, 1.54) is 0 Å². The van der Waals surface area contributed by atoms with Gasteiger partial charge in [0.05, 0.1) is 6.20 Å². The number of carbonyl (C=O) groups excluding carboxylic acids is 1. The van der Waals surface area contributed by atoms with Crippen LogP contribution in [0.25, 0.3) is 16.6 Å². The number of aromatic amines is 1. The Morgan fingerprint density at radius 3 is 3.04 bits per heavy atom. The van der Waals surface area contributed by atoms with E-state index in [1.54, 1.807) is 16.8 Å². The first-order chi connectivity index (χ1) is 12.3. The van der Waals surface area contributed by atoms with E-state index in [1.807, 2.05) is 36.5 Å². The van der Waals surface area contributed by atoms with E-state index < -0.39 is 0 Å². The van der Waals surface area contributed by atoms with Gasteiger partial charge in [0.15, 0.2) is 11.5 Å². The number of anilines is 1. The number of nitrogens with one attached hydrogen (secondary N) is 2. The van der Waals surface area contributed by atoms with Crippen molar-refractivity contribution in [3.05, 3.63) is 48.8 Å². The molecule has 3 aromatic heterocycles. The topological polar surface area (TPSA) is 84.3 Å². The molecule has 7 heteroatoms. The average molecular weight is 333 g/mol. The van der Waals surface area contributed by atoms with Gasteiger partial charge in [-0.15, -0.1) is 5.10 Å². The SMILES string of the molecule is O=C(Nc1cn2nc(Oc3cccc4[nH]ccc34)ccc2n1)C1CC1. The third-order valence-corrected chi connectivity index (χ3v) is 4.26. The Bertz CT molecular complexity index is 1090. The summed E-state index contributed by atoms with van der Waals surface area (Å²) in [7, 11) is 0. The highest BCUT2D eigenvalue weighted by molar-refractivity contribution is 5.93. The van der Waals surface area contributed by atoms with Crippen LogP contribution in [-0.2, 0) is 4.79 Å². The van der Waals surface area contributed by atoms with Crippen molar-refractivity contribution in [3.63, 3.8) is 0 Å². The normalized spacial score (nSPS) is 14.1. The zero-order valence-electron chi connectivity index (χ0n) is 13.3. The highest BCUT2D eigenvalue weighted by Crippen LogP contribution is 2.30. The molecule has 0 saturated heterocycles. The number of fused-ring (bicyclic) bond motifs is 2. The third kappa shape index (κ3) is 2.59. The molecular formula is C18H15N5O2. The first-order valence-corrected chi connectivity index (χ1v) is 8.17. The van der Waals surface area contributed by atoms with Crippen molar-refractivity contribution < 1.29 is 9.53 Å². The fourth-order valence-electron chi connectivity index (χ4n) is 2.81. The summed E-state index contributed by atoms with van der Waals surface area (Å²) < 4.78 is 7.54. The van der Waals surface area contributed by atoms with Crippen LogP contribution in [0.3, 0.4) is 0 Å². The quantitative estimate of drug-likeness (QED) is 0.600. The second kappa shape index (κ2) is 5.34. The standard InChI is InChI=1S/C18H15N5O2/c24-18(11-4-5-11)21-15-10-23-16(20-15)6-7-17(22-23)25-14-3-1-2-13-12(14)8-9-19-13/h1-3,6-11,19H,4-5H2,(H,21,24). The fourth-order valence-corrected chi connectivity index (χ4v) is 2.81. The fraction of sp³-hybridized carbons (Fsp3) is 0.167. The minimum absolute atomic E-state index is 0.0269. The first-order valence-electron chi connectivity index (χ1n) is 8.17. The van der Waals surface area contributed by atoms with Gasteiger partial charge < -0.3 is 15.0 Å². The molecule has 1 aliphatic rings. The average Bonchev–Trinajstić information content (AvgIpc) is 3.21. The Hall–Kier alpha value is -3.35. The van der Waals surface area contributed by atoms with Gasteiger partial charge in [-0.1, -0.05) is 6.07 Å². The van der Waals surface area contributed by atoms with Crippen LogP contribution >= 0.6 is 0 Å². The number of hydrogen-bond donors (Lipinski definition) is 2. The maximum Gasteiger partial charge on any atom is 0.237 e. The third-order valence-electron chi connectivity index (χ3n) is 4.26. The lowest BCUT2D eigenvalue weighted by atomic mass is 10.2. The van der Waals surface area contributed by atoms with Crippen LogP contribution in [0.15, 0.2) is 48.8 Å². The maximum atomic E-state index is 11.9. The molecule has 1 saturated carbocycles. The number of H-pyrrole nitrogens is 1. The molecule has 4 aromatic rings. The predicted octanol–water partition coefficient (Wildman–Crippen LogP) is 3.35. The van der Waals surface area contributed by atoms with E-state index >= 15 is 0 Å². The summed E-state index contributed by atoms with van der Waals surface area (Å²) in [6.45, 7) is 0. The summed E-state index contributed by atoms with van der Waals surface area (Å²) in [5.74, 6) is 1.86. The molecule has 0 spiro atoms. The van der Waals surface area contributed by atoms with Crippen LogP contribution in [0, 0.1) is 5.92 Å². The molecule has 1 aromatic carbocycles. The second-order valence-electron chi connectivity index (χ2n) is 6.16. The van der Waals surface area contributed by atoms with Crippen LogP contribution in [-0.4, -0.2) is 25.5 Å². The molecule has 25 heavy (non-hydrogen) atoms. The summed E-state index contributed by atoms with van der Waals surface area (Å²) in [5.41, 5.74) is 1.66. The van der Waals surface area contributed by atoms with Gasteiger partial charge in [-0.25, -0.2) is 9.50 Å². The van der Waals surface area contributed by atoms with Gasteiger partial charge in [0.25, 0.3) is 0 Å². The number of benzene rings is 1. The predicted molar refractivity (Wildman–Crippen MR) is 92.7 cm³/mol. The molecule has 1 fully saturated rings. The molecule has 0 bridgehead atoms. The Balaban J connectivity index is 1.43. The highest BCUT2D eigenvalue weighted by Gasteiger charge is 2.30. The van der Waals surface area contributed by atoms with Gasteiger partial charge in [0.1, 0.15) is 5.75 Å². The number of carbonyl (C=O) groups is 1. The van der Waals surface area contributed by atoms with Crippen LogP contribution < -0.4 is 10.1 Å². The molecule has 0 unspecified atom stereocenters. The molecule has 7 nitrogen and oxygen atoms in total. The number of rotatable bonds is 4. The van der Waals surface area contributed by atoms with Gasteiger partial charge in [-0.05, 0) is 37.1 Å². The molecule has 1 aliphatic carbocycles. The van der Waals surface area contributed by atoms with E-state index in [9.17, 15) is 4.79 Å². The summed E-state index contributed by atoms with van der Waals surface area (Å²) in [4.78, 5) is 19.4. The number of hydrogen-bond acceptors (Lipinski definition) is 4. The molecule has 3 heterocycles. The molecule has 1 amide bonds. The molecule has 0 aliphatic heterocycles. The zero-order valence-corrected chi connectivity index (χ0v) is 13.3. The van der Waals surface area contributed by atoms with Gasteiger partial charge in [-0.3, -0.25) is 4.79 Å². The highest BCUT2D eigenvalue weighted by atomic mass is 16.5. The lowest BCUT2D eigenvalue weighted by molar-refractivity contribution is -0.117. The number of imidazole rings is 1. The van der Waals surface area contributed by atoms with Crippen molar-refractivity contribution in [1.82, 2.24) is 19.6 Å². The minimum Gasteiger partial charge on any atom is -0.437 e. The summed E-state index contributed by atoms with van der Waals surface area (Å²) >= 11 is 0. The monoisotopic (exact) mass is 333 g/mol. The van der Waals surface area contributed by atoms with E-state index in [0.717, 1.165) is 29.5 Å². The first kappa shape index (κ1) is 14.0. The van der Waals surface area contributed by atoms with Crippen LogP contribution in [0.1, 0.15) is 12.8 Å². The van der Waals surface area contributed by atoms with Crippen molar-refractivity contribution >= 4 is 28.3 Å². The Morgan fingerprint density at radius 1 is 1.24 bits per heavy atom. The molecule has 0 atom stereocenters. The Kier molecular flexibility index (Phi) is 3.00. The van der Waals surface area contributed by atoms with E-state index in [-0.39, 0.29) is 11.8 Å². The largest absolute Gasteiger partial charge is 0.437 e. The van der Waals surface area contributed by atoms with Crippen LogP contribution in [0.5, 0.6) is 11.6 Å². The van der Waals surface area contributed by atoms with Crippen LogP contribution in [0.2, 0.25) is 0 Å². The minimum atomic E-state index is 0.0269. The molecule has 124 valence electrons. The summed E-state index contributed by atoms with van der Waals surface area (Å²) in [6, 6.07) is 11.4. The van der Waals surface area contributed by atoms with Crippen molar-refractivity contribution in [2.45, 2.75) is 12.8 Å². The van der Waals surface area contributed by atoms with Crippen LogP contribution in [0.4, 0.5) is 5.82 Å². The van der Waals surface area contributed by atoms with Crippen molar-refractivity contribution in [2.24, 2.45) is 5.92 Å². The van der Waals surface area contributed by atoms with Crippen molar-refractivity contribution in [2.75, 3.05) is 5.32 Å². The lowest BCUT2D eigenvalue weighted by Gasteiger charge is -2.06. The second-order valence-corrected chi connectivity index (χ2v) is 6.16. The van der Waals surface area contributed by atoms with Gasteiger partial charge in [0, 0.05) is 29.1 Å². The molecule has 2 N–H and O–H groups in total. The molecule has 0 radical (unpaired) electrons.